The van der Waals surface area contributed by atoms with E-state index in [-0.39, 0.29) is 0 Å². The maximum atomic E-state index is 6.07. The topological polar surface area (TPSA) is 24.5 Å². The number of nitrogens with one attached hydrogen (secondary N) is 1. The fraction of sp³-hybridized carbons (Fsp3) is 1.00. The Morgan fingerprint density at radius 3 is 2.74 bits per heavy atom. The van der Waals surface area contributed by atoms with Gasteiger partial charge in [-0.15, -0.1) is 0 Å². The van der Waals surface area contributed by atoms with Gasteiger partial charge in [-0.05, 0) is 45.7 Å². The Kier molecular flexibility index (Phi) is 6.11. The highest BCUT2D eigenvalue weighted by Gasteiger charge is 2.26. The summed E-state index contributed by atoms with van der Waals surface area (Å²) in [6, 6.07) is 0. The molecule has 0 bridgehead atoms. The molecule has 2 rings (SSSR count). The molecule has 0 aromatic heterocycles. The zero-order chi connectivity index (χ0) is 13.6. The lowest BCUT2D eigenvalue weighted by Gasteiger charge is -2.33. The van der Waals surface area contributed by atoms with Gasteiger partial charge in [0.1, 0.15) is 0 Å². The Bertz CT molecular complexity index is 253. The minimum absolute atomic E-state index is 0.293. The van der Waals surface area contributed by atoms with Crippen molar-refractivity contribution in [1.29, 1.82) is 0 Å². The summed E-state index contributed by atoms with van der Waals surface area (Å²) in [5.74, 6) is 0. The summed E-state index contributed by atoms with van der Waals surface area (Å²) >= 11 is 0. The molecule has 1 saturated carbocycles. The summed E-state index contributed by atoms with van der Waals surface area (Å²) < 4.78 is 6.07. The van der Waals surface area contributed by atoms with Crippen LogP contribution >= 0.6 is 0 Å². The molecule has 0 aromatic carbocycles. The number of ether oxygens (including phenoxy) is 1. The van der Waals surface area contributed by atoms with E-state index in [4.69, 9.17) is 4.74 Å². The number of nitrogens with zero attached hydrogens (tertiary/aromatic N) is 1. The predicted molar refractivity (Wildman–Crippen MR) is 80.6 cm³/mol. The van der Waals surface area contributed by atoms with Crippen LogP contribution in [0.5, 0.6) is 0 Å². The van der Waals surface area contributed by atoms with Crippen molar-refractivity contribution < 1.29 is 4.74 Å². The molecule has 2 fully saturated rings. The largest absolute Gasteiger partial charge is 0.377 e. The Labute approximate surface area is 119 Å². The van der Waals surface area contributed by atoms with Gasteiger partial charge >= 0.3 is 0 Å². The molecule has 2 aliphatic rings. The van der Waals surface area contributed by atoms with Crippen molar-refractivity contribution in [2.75, 3.05) is 32.8 Å². The van der Waals surface area contributed by atoms with Gasteiger partial charge in [0.05, 0.1) is 12.7 Å². The van der Waals surface area contributed by atoms with Crippen molar-refractivity contribution in [1.82, 2.24) is 10.2 Å². The van der Waals surface area contributed by atoms with Gasteiger partial charge in [0.25, 0.3) is 0 Å². The van der Waals surface area contributed by atoms with E-state index in [0.29, 0.717) is 11.6 Å². The molecule has 112 valence electrons. The molecule has 0 spiro atoms. The fourth-order valence-corrected chi connectivity index (χ4v) is 3.33. The van der Waals surface area contributed by atoms with Crippen molar-refractivity contribution in [3.8, 4) is 0 Å². The first-order chi connectivity index (χ1) is 9.22. The molecule has 19 heavy (non-hydrogen) atoms. The Hall–Kier alpha value is -0.120. The third kappa shape index (κ3) is 5.05. The molecule has 3 heteroatoms. The van der Waals surface area contributed by atoms with Crippen LogP contribution < -0.4 is 5.32 Å². The zero-order valence-electron chi connectivity index (χ0n) is 12.9. The molecular formula is C16H32N2O. The minimum atomic E-state index is 0.293. The van der Waals surface area contributed by atoms with Crippen LogP contribution in [-0.4, -0.2) is 49.3 Å². The third-order valence-electron chi connectivity index (χ3n) is 4.87. The average molecular weight is 268 g/mol. The van der Waals surface area contributed by atoms with Gasteiger partial charge in [0.2, 0.25) is 0 Å². The molecule has 1 N–H and O–H groups in total. The van der Waals surface area contributed by atoms with Crippen LogP contribution in [0.15, 0.2) is 0 Å². The van der Waals surface area contributed by atoms with E-state index < -0.39 is 0 Å². The summed E-state index contributed by atoms with van der Waals surface area (Å²) in [6.45, 7) is 10.2. The van der Waals surface area contributed by atoms with Gasteiger partial charge in [0.15, 0.2) is 0 Å². The highest BCUT2D eigenvalue weighted by Crippen LogP contribution is 2.20. The van der Waals surface area contributed by atoms with Crippen LogP contribution in [0.1, 0.15) is 58.8 Å². The SMILES string of the molecule is CCC1(C)CN(CCOC2CCCCC2)CCCN1. The van der Waals surface area contributed by atoms with Gasteiger partial charge in [-0.25, -0.2) is 0 Å². The Balaban J connectivity index is 1.68. The van der Waals surface area contributed by atoms with Gasteiger partial charge < -0.3 is 10.1 Å². The van der Waals surface area contributed by atoms with E-state index in [2.05, 4.69) is 24.1 Å². The quantitative estimate of drug-likeness (QED) is 0.830. The summed E-state index contributed by atoms with van der Waals surface area (Å²) in [5, 5.41) is 3.69. The second kappa shape index (κ2) is 7.61. The highest BCUT2D eigenvalue weighted by atomic mass is 16.5. The van der Waals surface area contributed by atoms with E-state index in [9.17, 15) is 0 Å². The van der Waals surface area contributed by atoms with Gasteiger partial charge in [-0.2, -0.15) is 0 Å². The maximum Gasteiger partial charge on any atom is 0.0597 e. The molecular weight excluding hydrogens is 236 g/mol. The van der Waals surface area contributed by atoms with Crippen LogP contribution in [-0.2, 0) is 4.74 Å². The van der Waals surface area contributed by atoms with Crippen LogP contribution in [0.4, 0.5) is 0 Å². The molecule has 1 aliphatic carbocycles. The van der Waals surface area contributed by atoms with E-state index in [1.807, 2.05) is 0 Å². The van der Waals surface area contributed by atoms with Crippen molar-refractivity contribution in [2.24, 2.45) is 0 Å². The molecule has 0 amide bonds. The van der Waals surface area contributed by atoms with E-state index in [1.165, 1.54) is 51.5 Å². The normalized spacial score (nSPS) is 31.3. The predicted octanol–water partition coefficient (Wildman–Crippen LogP) is 2.80. The second-order valence-electron chi connectivity index (χ2n) is 6.60. The molecule has 3 nitrogen and oxygen atoms in total. The van der Waals surface area contributed by atoms with Gasteiger partial charge in [-0.3, -0.25) is 4.90 Å². The van der Waals surface area contributed by atoms with Crippen molar-refractivity contribution in [3.05, 3.63) is 0 Å². The highest BCUT2D eigenvalue weighted by molar-refractivity contribution is 4.87. The molecule has 1 unspecified atom stereocenters. The van der Waals surface area contributed by atoms with Crippen LogP contribution in [0, 0.1) is 0 Å². The standard InChI is InChI=1S/C16H32N2O/c1-3-16(2)14-18(11-7-10-17-16)12-13-19-15-8-5-4-6-9-15/h15,17H,3-14H2,1-2H3. The smallest absolute Gasteiger partial charge is 0.0597 e. The lowest BCUT2D eigenvalue weighted by molar-refractivity contribution is 0.0144. The van der Waals surface area contributed by atoms with E-state index >= 15 is 0 Å². The summed E-state index contributed by atoms with van der Waals surface area (Å²) in [6.07, 6.45) is 9.73. The van der Waals surface area contributed by atoms with Crippen LogP contribution in [0.25, 0.3) is 0 Å². The third-order valence-corrected chi connectivity index (χ3v) is 4.87. The van der Waals surface area contributed by atoms with Crippen LogP contribution in [0.3, 0.4) is 0 Å². The summed E-state index contributed by atoms with van der Waals surface area (Å²) in [4.78, 5) is 2.59. The summed E-state index contributed by atoms with van der Waals surface area (Å²) in [7, 11) is 0. The lowest BCUT2D eigenvalue weighted by Crippen LogP contribution is -2.49. The Morgan fingerprint density at radius 2 is 2.00 bits per heavy atom. The number of rotatable bonds is 5. The Morgan fingerprint density at radius 1 is 1.21 bits per heavy atom. The van der Waals surface area contributed by atoms with Crippen LogP contribution in [0.2, 0.25) is 0 Å². The molecule has 1 aliphatic heterocycles. The van der Waals surface area contributed by atoms with Crippen molar-refractivity contribution >= 4 is 0 Å². The molecule has 0 radical (unpaired) electrons. The van der Waals surface area contributed by atoms with Gasteiger partial charge in [0, 0.05) is 18.6 Å². The summed E-state index contributed by atoms with van der Waals surface area (Å²) in [5.41, 5.74) is 0.293. The fourth-order valence-electron chi connectivity index (χ4n) is 3.33. The molecule has 1 heterocycles. The zero-order valence-corrected chi connectivity index (χ0v) is 12.9. The first kappa shape index (κ1) is 15.3. The van der Waals surface area contributed by atoms with Crippen molar-refractivity contribution in [2.45, 2.75) is 70.4 Å². The first-order valence-electron chi connectivity index (χ1n) is 8.31. The average Bonchev–Trinajstić information content (AvgIpc) is 2.63. The monoisotopic (exact) mass is 268 g/mol. The van der Waals surface area contributed by atoms with E-state index in [0.717, 1.165) is 26.2 Å². The molecule has 1 atom stereocenters. The lowest BCUT2D eigenvalue weighted by atomic mass is 9.98. The number of hydrogen-bond acceptors (Lipinski definition) is 3. The van der Waals surface area contributed by atoms with Crippen molar-refractivity contribution in [3.63, 3.8) is 0 Å². The van der Waals surface area contributed by atoms with E-state index in [1.54, 1.807) is 0 Å². The molecule has 0 aromatic rings. The second-order valence-corrected chi connectivity index (χ2v) is 6.60. The first-order valence-corrected chi connectivity index (χ1v) is 8.31. The number of hydrogen-bond donors (Lipinski definition) is 1. The minimum Gasteiger partial charge on any atom is -0.377 e. The maximum absolute atomic E-state index is 6.07. The molecule has 1 saturated heterocycles. The van der Waals surface area contributed by atoms with Gasteiger partial charge in [-0.1, -0.05) is 26.2 Å².